The molecule has 0 aliphatic carbocycles. The van der Waals surface area contributed by atoms with Crippen LogP contribution >= 0.6 is 16.0 Å². The fourth-order valence-electron chi connectivity index (χ4n) is 0. The van der Waals surface area contributed by atoms with E-state index in [0.717, 1.165) is 0 Å². The molecule has 0 atom stereocenters. The van der Waals surface area contributed by atoms with Crippen molar-refractivity contribution in [1.82, 2.24) is 0 Å². The molecule has 26 valence electrons. The molecule has 0 aromatic heterocycles. The van der Waals surface area contributed by atoms with E-state index in [2.05, 4.69) is 8.02 Å². The van der Waals surface area contributed by atoms with Crippen LogP contribution in [0.15, 0.2) is 0 Å². The summed E-state index contributed by atoms with van der Waals surface area (Å²) in [6, 6.07) is 0. The quantitative estimate of drug-likeness (QED) is 0.327. The maximum atomic E-state index is 6.59. The minimum atomic E-state index is 0.122. The molecule has 0 saturated heterocycles. The molecule has 0 unspecified atom stereocenters. The largest absolute Gasteiger partial charge is 0.431 e. The molecule has 0 aliphatic rings. The van der Waals surface area contributed by atoms with E-state index in [0.29, 0.717) is 7.96 Å². The molecule has 0 amide bonds. The Labute approximate surface area is 33.5 Å². The molecule has 0 spiro atoms. The molecule has 0 fully saturated rings. The maximum Gasteiger partial charge on any atom is 0.0622 e. The van der Waals surface area contributed by atoms with E-state index >= 15 is 0 Å². The fraction of sp³-hybridized carbons (Fsp3) is 1.00. The second-order valence-corrected chi connectivity index (χ2v) is 5.95. The van der Waals surface area contributed by atoms with Crippen molar-refractivity contribution in [2.75, 3.05) is 6.26 Å². The number of hydrogen-bond donors (Lipinski definition) is 0. The van der Waals surface area contributed by atoms with E-state index in [1.807, 2.05) is 6.26 Å². The number of rotatable bonds is 0. The summed E-state index contributed by atoms with van der Waals surface area (Å²) in [5.41, 5.74) is 0. The van der Waals surface area contributed by atoms with Gasteiger partial charge >= 0.3 is 0 Å². The second kappa shape index (κ2) is 2.20. The minimum Gasteiger partial charge on any atom is -0.431 e. The lowest BCUT2D eigenvalue weighted by molar-refractivity contribution is 2.54. The molecule has 0 radical (unpaired) electrons. The lowest BCUT2D eigenvalue weighted by Crippen LogP contribution is -1.34. The van der Waals surface area contributed by atoms with Crippen molar-refractivity contribution in [2.45, 2.75) is 0 Å². The van der Waals surface area contributed by atoms with Gasteiger partial charge in [0.15, 0.2) is 0 Å². The Morgan fingerprint density at radius 3 is 2.50 bits per heavy atom. The zero-order valence-corrected chi connectivity index (χ0v) is 5.07. The molecule has 0 rings (SSSR count). The molecule has 0 aliphatic heterocycles. The lowest BCUT2D eigenvalue weighted by atomic mass is 12.0. The summed E-state index contributed by atoms with van der Waals surface area (Å²) in [5, 5.41) is 0. The van der Waals surface area contributed by atoms with Crippen LogP contribution in [0.1, 0.15) is 0 Å². The van der Waals surface area contributed by atoms with Crippen molar-refractivity contribution in [2.24, 2.45) is 0 Å². The van der Waals surface area contributed by atoms with E-state index in [1.54, 1.807) is 0 Å². The summed E-state index contributed by atoms with van der Waals surface area (Å²) < 4.78 is 6.59. The molecule has 0 nitrogen and oxygen atoms in total. The molecule has 3 heteroatoms. The van der Waals surface area contributed by atoms with Gasteiger partial charge < -0.3 is 9.25 Å². The molecule has 4 heavy (non-hydrogen) atoms. The highest BCUT2D eigenvalue weighted by Crippen LogP contribution is 1.71. The summed E-state index contributed by atoms with van der Waals surface area (Å²) in [6.07, 6.45) is 1.96. The fourth-order valence-corrected chi connectivity index (χ4v) is 0. The molecule has 0 bridgehead atoms. The average Bonchev–Trinajstić information content (AvgIpc) is 1.38. The predicted molar refractivity (Wildman–Crippen MR) is 29.9 cm³/mol. The Morgan fingerprint density at radius 1 is 2.25 bits per heavy atom. The highest BCUT2D eigenvalue weighted by Gasteiger charge is 1.10. The van der Waals surface area contributed by atoms with Crippen molar-refractivity contribution in [3.63, 3.8) is 0 Å². The summed E-state index contributed by atoms with van der Waals surface area (Å²) in [6.45, 7) is 0. The predicted octanol–water partition coefficient (Wildman–Crippen LogP) is 1.35. The molecule has 0 aromatic carbocycles. The maximum absolute atomic E-state index is 6.59. The molecule has 0 saturated carbocycles. The normalized spacial score (nSPS) is 19.8. The first-order chi connectivity index (χ1) is 2.27. The molecule has 0 heterocycles. The van der Waals surface area contributed by atoms with Crippen LogP contribution in [-0.4, -0.2) is 7.53 Å². The highest BCUT2D eigenvalue weighted by atomic mass is 32.7. The molecular weight excluding hydrogens is 106 g/mol. The Bertz CT molecular complexity index is 81.6. The molecule has 0 N–H and O–H groups in total. The van der Waals surface area contributed by atoms with Gasteiger partial charge in [0.05, 0.1) is 1.28 Å². The summed E-state index contributed by atoms with van der Waals surface area (Å²) in [5.74, 6) is 0. The Balaban J connectivity index is 3.62. The van der Waals surface area contributed by atoms with Crippen LogP contribution in [0.4, 0.5) is 0 Å². The van der Waals surface area contributed by atoms with Crippen molar-refractivity contribution in [1.29, 1.82) is 1.28 Å². The summed E-state index contributed by atoms with van der Waals surface area (Å²) in [4.78, 5) is 0. The van der Waals surface area contributed by atoms with Gasteiger partial charge in [-0.3, -0.25) is 16.0 Å². The Morgan fingerprint density at radius 2 is 2.50 bits per heavy atom. The van der Waals surface area contributed by atoms with Crippen LogP contribution in [0.3, 0.4) is 0 Å². The Hall–Kier alpha value is 0.950. The van der Waals surface area contributed by atoms with Crippen molar-refractivity contribution < 1.29 is 0 Å². The lowest BCUT2D eigenvalue weighted by Gasteiger charge is -1.74. The van der Waals surface area contributed by atoms with Gasteiger partial charge in [0, 0.05) is 0 Å². The second-order valence-electron chi connectivity index (χ2n) is 0.478. The monoisotopic (exact) mass is 112 g/mol. The van der Waals surface area contributed by atoms with E-state index in [4.69, 9.17) is 1.28 Å². The van der Waals surface area contributed by atoms with E-state index < -0.39 is 0 Å². The zero-order chi connectivity index (χ0) is 4.28. The van der Waals surface area contributed by atoms with E-state index in [-0.39, 0.29) is 9.25 Å². The van der Waals surface area contributed by atoms with Crippen LogP contribution in [0, 0.1) is 0 Å². The number of hydrogen-bond acceptors (Lipinski definition) is 1. The highest BCUT2D eigenvalue weighted by molar-refractivity contribution is 8.28. The van der Waals surface area contributed by atoms with Crippen molar-refractivity contribution in [3.05, 3.63) is 0 Å². The topological polar surface area (TPSA) is 0 Å². The first-order valence-corrected chi connectivity index (χ1v) is 4.71. The Kier molecular flexibility index (Phi) is 1.74. The smallest absolute Gasteiger partial charge is 0.0622 e. The van der Waals surface area contributed by atoms with Gasteiger partial charge in [-0.25, -0.2) is 0 Å². The van der Waals surface area contributed by atoms with Crippen LogP contribution < -0.4 is 0 Å². The van der Waals surface area contributed by atoms with Crippen LogP contribution in [0.5, 0.6) is 0 Å². The average molecular weight is 112 g/mol. The third kappa shape index (κ3) is 12.4. The van der Waals surface area contributed by atoms with E-state index in [9.17, 15) is 0 Å². The van der Waals surface area contributed by atoms with Gasteiger partial charge in [0.25, 0.3) is 0 Å². The summed E-state index contributed by atoms with van der Waals surface area (Å²) in [7, 11) is 4.05. The van der Waals surface area contributed by atoms with Gasteiger partial charge in [-0.05, 0) is 0 Å². The molecule has 0 aromatic rings. The third-order valence-corrected chi connectivity index (χ3v) is 0. The van der Waals surface area contributed by atoms with Gasteiger partial charge in [-0.15, -0.1) is 6.26 Å². The van der Waals surface area contributed by atoms with Crippen LogP contribution in [0.2, 0.25) is 0 Å². The van der Waals surface area contributed by atoms with Gasteiger partial charge in [0.1, 0.15) is 0 Å². The first kappa shape index (κ1) is 3.15. The first-order valence-electron chi connectivity index (χ1n) is 1.24. The zero-order valence-electron chi connectivity index (χ0n) is 3.36. The van der Waals surface area contributed by atoms with Crippen molar-refractivity contribution in [3.8, 4) is 0 Å². The van der Waals surface area contributed by atoms with Gasteiger partial charge in [0.2, 0.25) is 0 Å². The van der Waals surface area contributed by atoms with Crippen LogP contribution in [0.25, 0.3) is 0 Å². The standard InChI is InChI=1S/CH5P2S/c1-4(2)3/h2-3H,1H3/q-1/i2D. The molecular formula is CH5P2S-. The van der Waals surface area contributed by atoms with Gasteiger partial charge in [-0.2, -0.15) is 0 Å². The summed E-state index contributed by atoms with van der Waals surface area (Å²) >= 11 is 0. The SMILES string of the molecule is [2H]P=[S-](C)=P. The van der Waals surface area contributed by atoms with E-state index in [1.165, 1.54) is 0 Å². The van der Waals surface area contributed by atoms with Gasteiger partial charge in [-0.1, -0.05) is 0 Å². The van der Waals surface area contributed by atoms with Crippen molar-refractivity contribution >= 4 is 25.2 Å². The third-order valence-electron chi connectivity index (χ3n) is 0. The minimum absolute atomic E-state index is 0.122. The van der Waals surface area contributed by atoms with Crippen LogP contribution in [-0.2, 0) is 9.25 Å².